The van der Waals surface area contributed by atoms with Crippen molar-refractivity contribution >= 4 is 40.0 Å². The van der Waals surface area contributed by atoms with Crippen LogP contribution in [0.15, 0.2) is 4.99 Å². The largest absolute Gasteiger partial charge is 0.356 e. The molecule has 0 spiro atoms. The zero-order valence-electron chi connectivity index (χ0n) is 16.5. The van der Waals surface area contributed by atoms with Crippen LogP contribution >= 0.6 is 24.0 Å². The molecule has 2 N–H and O–H groups in total. The predicted octanol–water partition coefficient (Wildman–Crippen LogP) is 2.66. The van der Waals surface area contributed by atoms with E-state index in [0.29, 0.717) is 36.9 Å². The molecule has 0 saturated heterocycles. The van der Waals surface area contributed by atoms with E-state index in [4.69, 9.17) is 0 Å². The van der Waals surface area contributed by atoms with Crippen LogP contribution in [0.5, 0.6) is 0 Å². The van der Waals surface area contributed by atoms with Gasteiger partial charge in [0.25, 0.3) is 0 Å². The Kier molecular flexibility index (Phi) is 11.5. The number of rotatable bonds is 10. The highest BCUT2D eigenvalue weighted by Crippen LogP contribution is 2.45. The summed E-state index contributed by atoms with van der Waals surface area (Å²) in [5, 5.41) is 6.53. The Morgan fingerprint density at radius 3 is 2.20 bits per heavy atom. The third kappa shape index (κ3) is 7.99. The number of nitrogens with one attached hydrogen (secondary N) is 2. The molecule has 0 bridgehead atoms. The van der Waals surface area contributed by atoms with Crippen LogP contribution in [-0.2, 0) is 10.0 Å². The lowest BCUT2D eigenvalue weighted by Gasteiger charge is -2.43. The Bertz CT molecular complexity index is 501. The average Bonchev–Trinajstić information content (AvgIpc) is 2.48. The molecule has 0 amide bonds. The zero-order chi connectivity index (χ0) is 18.2. The Morgan fingerprint density at radius 1 is 1.20 bits per heavy atom. The van der Waals surface area contributed by atoms with Crippen LogP contribution in [-0.4, -0.2) is 57.7 Å². The molecule has 1 saturated carbocycles. The number of aliphatic imine (C=N–C) groups is 1. The van der Waals surface area contributed by atoms with Crippen molar-refractivity contribution in [3.8, 4) is 0 Å². The lowest BCUT2D eigenvalue weighted by atomic mass is 9.64. The smallest absolute Gasteiger partial charge is 0.215 e. The fraction of sp³-hybridized carbons (Fsp3) is 0.941. The molecule has 1 rings (SSSR count). The molecule has 1 fully saturated rings. The summed E-state index contributed by atoms with van der Waals surface area (Å²) in [5.41, 5.74) is 0.388. The van der Waals surface area contributed by atoms with Crippen molar-refractivity contribution in [3.05, 3.63) is 0 Å². The SMILES string of the molecule is CCN(CC)S(=O)(=O)CCNC(=NC)NCC1(CC(C)C)CCC1.I. The summed E-state index contributed by atoms with van der Waals surface area (Å²) >= 11 is 0. The highest BCUT2D eigenvalue weighted by atomic mass is 127. The van der Waals surface area contributed by atoms with Gasteiger partial charge in [-0.2, -0.15) is 0 Å². The summed E-state index contributed by atoms with van der Waals surface area (Å²) in [7, 11) is -1.46. The van der Waals surface area contributed by atoms with Gasteiger partial charge >= 0.3 is 0 Å². The number of nitrogens with zero attached hydrogens (tertiary/aromatic N) is 2. The van der Waals surface area contributed by atoms with Crippen LogP contribution < -0.4 is 10.6 Å². The molecule has 0 radical (unpaired) electrons. The molecule has 0 aromatic carbocycles. The second-order valence-corrected chi connectivity index (χ2v) is 9.29. The maximum absolute atomic E-state index is 12.2. The minimum absolute atomic E-state index is 0. The Hall–Kier alpha value is -0.0900. The Balaban J connectivity index is 0.00000576. The first-order valence-corrected chi connectivity index (χ1v) is 10.8. The zero-order valence-corrected chi connectivity index (χ0v) is 19.6. The van der Waals surface area contributed by atoms with Gasteiger partial charge in [-0.3, -0.25) is 4.99 Å². The van der Waals surface area contributed by atoms with Crippen LogP contribution in [0.4, 0.5) is 0 Å². The lowest BCUT2D eigenvalue weighted by Crippen LogP contribution is -2.48. The first-order valence-electron chi connectivity index (χ1n) is 9.21. The molecule has 0 aromatic heterocycles. The molecule has 0 heterocycles. The molecule has 1 aliphatic rings. The highest BCUT2D eigenvalue weighted by molar-refractivity contribution is 14.0. The van der Waals surface area contributed by atoms with Crippen LogP contribution in [0.25, 0.3) is 0 Å². The van der Waals surface area contributed by atoms with Gasteiger partial charge in [0.15, 0.2) is 5.96 Å². The number of halogens is 1. The van der Waals surface area contributed by atoms with Crippen LogP contribution in [0.2, 0.25) is 0 Å². The molecule has 150 valence electrons. The quantitative estimate of drug-likeness (QED) is 0.282. The van der Waals surface area contributed by atoms with E-state index in [1.807, 2.05) is 13.8 Å². The summed E-state index contributed by atoms with van der Waals surface area (Å²) in [6, 6.07) is 0. The molecule has 25 heavy (non-hydrogen) atoms. The lowest BCUT2D eigenvalue weighted by molar-refractivity contribution is 0.104. The van der Waals surface area contributed by atoms with Gasteiger partial charge in [-0.1, -0.05) is 34.1 Å². The summed E-state index contributed by atoms with van der Waals surface area (Å²) in [6.45, 7) is 10.6. The Morgan fingerprint density at radius 2 is 1.80 bits per heavy atom. The maximum atomic E-state index is 12.2. The van der Waals surface area contributed by atoms with Crippen molar-refractivity contribution in [2.45, 2.75) is 53.4 Å². The van der Waals surface area contributed by atoms with Gasteiger partial charge in [-0.25, -0.2) is 12.7 Å². The molecule has 8 heteroatoms. The van der Waals surface area contributed by atoms with Gasteiger partial charge < -0.3 is 10.6 Å². The van der Waals surface area contributed by atoms with Gasteiger partial charge in [0, 0.05) is 33.2 Å². The third-order valence-electron chi connectivity index (χ3n) is 4.86. The molecule has 0 aliphatic heterocycles. The number of sulfonamides is 1. The van der Waals surface area contributed by atoms with E-state index in [2.05, 4.69) is 29.5 Å². The fourth-order valence-electron chi connectivity index (χ4n) is 3.53. The normalized spacial score (nSPS) is 17.2. The van der Waals surface area contributed by atoms with Gasteiger partial charge in [0.1, 0.15) is 0 Å². The van der Waals surface area contributed by atoms with Crippen molar-refractivity contribution in [2.75, 3.05) is 39.0 Å². The molecule has 0 aromatic rings. The van der Waals surface area contributed by atoms with Crippen LogP contribution in [0.1, 0.15) is 53.4 Å². The average molecular weight is 488 g/mol. The van der Waals surface area contributed by atoms with E-state index in [0.717, 1.165) is 6.54 Å². The second kappa shape index (κ2) is 11.6. The summed E-state index contributed by atoms with van der Waals surface area (Å²) in [6.07, 6.45) is 5.08. The molecule has 6 nitrogen and oxygen atoms in total. The summed E-state index contributed by atoms with van der Waals surface area (Å²) < 4.78 is 25.9. The van der Waals surface area contributed by atoms with Crippen molar-refractivity contribution < 1.29 is 8.42 Å². The second-order valence-electron chi connectivity index (χ2n) is 7.20. The van der Waals surface area contributed by atoms with Crippen LogP contribution in [0, 0.1) is 11.3 Å². The van der Waals surface area contributed by atoms with E-state index in [1.54, 1.807) is 7.05 Å². The predicted molar refractivity (Wildman–Crippen MR) is 117 cm³/mol. The van der Waals surface area contributed by atoms with E-state index < -0.39 is 10.0 Å². The van der Waals surface area contributed by atoms with Crippen molar-refractivity contribution in [1.29, 1.82) is 0 Å². The minimum atomic E-state index is -3.19. The monoisotopic (exact) mass is 488 g/mol. The van der Waals surface area contributed by atoms with E-state index in [9.17, 15) is 8.42 Å². The maximum Gasteiger partial charge on any atom is 0.215 e. The summed E-state index contributed by atoms with van der Waals surface area (Å²) in [4.78, 5) is 4.22. The molecule has 0 unspecified atom stereocenters. The minimum Gasteiger partial charge on any atom is -0.356 e. The van der Waals surface area contributed by atoms with E-state index >= 15 is 0 Å². The van der Waals surface area contributed by atoms with Gasteiger partial charge in [-0.15, -0.1) is 24.0 Å². The molecule has 0 atom stereocenters. The van der Waals surface area contributed by atoms with Gasteiger partial charge in [0.2, 0.25) is 10.0 Å². The van der Waals surface area contributed by atoms with Crippen molar-refractivity contribution in [2.24, 2.45) is 16.3 Å². The molecular weight excluding hydrogens is 451 g/mol. The first kappa shape index (κ1) is 24.9. The highest BCUT2D eigenvalue weighted by Gasteiger charge is 2.37. The van der Waals surface area contributed by atoms with Crippen molar-refractivity contribution in [1.82, 2.24) is 14.9 Å². The standard InChI is InChI=1S/C17H36N4O2S.HI/c1-6-21(7-2)24(22,23)12-11-19-16(18-5)20-14-17(9-8-10-17)13-15(3)4;/h15H,6-14H2,1-5H3,(H2,18,19,20);1H. The topological polar surface area (TPSA) is 73.8 Å². The van der Waals surface area contributed by atoms with Crippen molar-refractivity contribution in [3.63, 3.8) is 0 Å². The Labute approximate surface area is 171 Å². The fourth-order valence-corrected chi connectivity index (χ4v) is 4.94. The molecule has 1 aliphatic carbocycles. The molecular formula is C17H37IN4O2S. The van der Waals surface area contributed by atoms with Crippen LogP contribution in [0.3, 0.4) is 0 Å². The van der Waals surface area contributed by atoms with E-state index in [-0.39, 0.29) is 29.7 Å². The van der Waals surface area contributed by atoms with Gasteiger partial charge in [-0.05, 0) is 30.6 Å². The van der Waals surface area contributed by atoms with E-state index in [1.165, 1.54) is 30.0 Å². The van der Waals surface area contributed by atoms with Gasteiger partial charge in [0.05, 0.1) is 5.75 Å². The number of guanidine groups is 1. The summed E-state index contributed by atoms with van der Waals surface area (Å²) in [5.74, 6) is 1.48. The first-order chi connectivity index (χ1) is 11.3. The number of hydrogen-bond acceptors (Lipinski definition) is 3. The third-order valence-corrected chi connectivity index (χ3v) is 6.88. The number of hydrogen-bond donors (Lipinski definition) is 2.